The second-order valence-electron chi connectivity index (χ2n) is 16.2. The van der Waals surface area contributed by atoms with Gasteiger partial charge in [0, 0.05) is 38.3 Å². The lowest BCUT2D eigenvalue weighted by atomic mass is 9.78. The van der Waals surface area contributed by atoms with Crippen LogP contribution in [0, 0.1) is 23.7 Å². The minimum absolute atomic E-state index is 0.00250. The summed E-state index contributed by atoms with van der Waals surface area (Å²) in [7, 11) is 6.60. The maximum Gasteiger partial charge on any atom is 0.306 e. The van der Waals surface area contributed by atoms with Gasteiger partial charge in [0.05, 0.1) is 59.1 Å². The first-order valence-corrected chi connectivity index (χ1v) is 20.2. The number of carboxylic acids is 2. The van der Waals surface area contributed by atoms with Crippen molar-refractivity contribution in [3.63, 3.8) is 0 Å². The molecule has 4 aliphatic heterocycles. The van der Waals surface area contributed by atoms with E-state index in [2.05, 4.69) is 34.1 Å². The number of aliphatic hydroxyl groups excluding tert-OH is 1. The van der Waals surface area contributed by atoms with Gasteiger partial charge in [-0.25, -0.2) is 0 Å². The summed E-state index contributed by atoms with van der Waals surface area (Å²) in [6.07, 6.45) is 3.98. The largest absolute Gasteiger partial charge is 0.493 e. The lowest BCUT2D eigenvalue weighted by molar-refractivity contribution is -0.143. The van der Waals surface area contributed by atoms with Crippen LogP contribution in [-0.4, -0.2) is 104 Å². The Kier molecular flexibility index (Phi) is 14.0. The molecule has 8 atom stereocenters. The van der Waals surface area contributed by atoms with Crippen molar-refractivity contribution in [3.05, 3.63) is 82.4 Å². The fourth-order valence-electron chi connectivity index (χ4n) is 9.37. The van der Waals surface area contributed by atoms with Gasteiger partial charge >= 0.3 is 11.9 Å². The molecule has 3 aromatic carbocycles. The van der Waals surface area contributed by atoms with Crippen LogP contribution >= 0.6 is 0 Å². The Bertz CT molecular complexity index is 1840. The number of methoxy groups -OCH3 is 4. The molecule has 2 fully saturated rings. The van der Waals surface area contributed by atoms with E-state index < -0.39 is 24.0 Å². The van der Waals surface area contributed by atoms with E-state index in [1.54, 1.807) is 42.3 Å². The molecule has 12 nitrogen and oxygen atoms in total. The number of nitrogens with zero attached hydrogens (tertiary/aromatic N) is 2. The number of carbonyl (C=O) groups is 2. The van der Waals surface area contributed by atoms with Crippen LogP contribution in [0.4, 0.5) is 0 Å². The second kappa shape index (κ2) is 18.9. The zero-order valence-corrected chi connectivity index (χ0v) is 34.2. The van der Waals surface area contributed by atoms with Crippen molar-refractivity contribution in [2.75, 3.05) is 54.6 Å². The van der Waals surface area contributed by atoms with Crippen LogP contribution in [-0.2, 0) is 33.8 Å². The predicted molar refractivity (Wildman–Crippen MR) is 215 cm³/mol. The lowest BCUT2D eigenvalue weighted by Gasteiger charge is -2.47. The standard InChI is InChI=1S/C26H33NO5.C19H27NO5/c1-17(26(28)29)11-20-15-27-10-9-19-12-24(30-2)25(31-3)13-21(19)22(27)14-23(20)32-16-18-7-5-4-6-8-18;1-11(19(22)23)6-13-10-20-5-4-12-7-17(24-2)18(25-3)8-14(12)15(20)9-16(13)21/h4-8,12-13,17,20,22-23H,9-11,14-16H2,1-3H3,(H,28,29);7-8,11,13,15-16,21H,4-6,9-10H2,1-3H3,(H,22,23)/t17?,20-,22-,23+;11?,13-,15-,16+/m00/s1. The van der Waals surface area contributed by atoms with Gasteiger partial charge < -0.3 is 39.0 Å². The van der Waals surface area contributed by atoms with Crippen LogP contribution in [0.2, 0.25) is 0 Å². The summed E-state index contributed by atoms with van der Waals surface area (Å²) in [6, 6.07) is 18.8. The Morgan fingerprint density at radius 3 is 1.63 bits per heavy atom. The average molecular weight is 789 g/mol. The Labute approximate surface area is 336 Å². The minimum atomic E-state index is -0.796. The van der Waals surface area contributed by atoms with Crippen LogP contribution < -0.4 is 18.9 Å². The van der Waals surface area contributed by atoms with Gasteiger partial charge in [-0.3, -0.25) is 19.4 Å². The third-order valence-electron chi connectivity index (χ3n) is 12.6. The molecular weight excluding hydrogens is 728 g/mol. The van der Waals surface area contributed by atoms with Crippen molar-refractivity contribution in [2.24, 2.45) is 23.7 Å². The maximum absolute atomic E-state index is 11.6. The van der Waals surface area contributed by atoms with E-state index in [1.807, 2.05) is 30.3 Å². The van der Waals surface area contributed by atoms with Gasteiger partial charge in [-0.05, 0) is 102 Å². The molecule has 0 saturated carbocycles. The first-order valence-electron chi connectivity index (χ1n) is 20.2. The van der Waals surface area contributed by atoms with E-state index in [9.17, 15) is 19.8 Å². The van der Waals surface area contributed by atoms with Crippen LogP contribution in [0.5, 0.6) is 23.0 Å². The number of fused-ring (bicyclic) bond motifs is 6. The zero-order chi connectivity index (χ0) is 40.8. The molecule has 0 radical (unpaired) electrons. The van der Waals surface area contributed by atoms with Gasteiger partial charge in [-0.2, -0.15) is 0 Å². The molecule has 0 aliphatic carbocycles. The van der Waals surface area contributed by atoms with Gasteiger partial charge in [0.15, 0.2) is 23.0 Å². The Morgan fingerprint density at radius 2 is 1.14 bits per heavy atom. The third kappa shape index (κ3) is 9.68. The fraction of sp³-hybridized carbons (Fsp3) is 0.556. The van der Waals surface area contributed by atoms with Crippen molar-refractivity contribution in [2.45, 2.75) is 83.3 Å². The number of aliphatic hydroxyl groups is 1. The van der Waals surface area contributed by atoms with E-state index in [-0.39, 0.29) is 35.9 Å². The molecule has 2 saturated heterocycles. The highest BCUT2D eigenvalue weighted by Gasteiger charge is 2.42. The highest BCUT2D eigenvalue weighted by atomic mass is 16.5. The van der Waals surface area contributed by atoms with Crippen LogP contribution in [0.1, 0.15) is 79.4 Å². The number of piperidine rings is 2. The smallest absolute Gasteiger partial charge is 0.306 e. The molecule has 3 N–H and O–H groups in total. The molecule has 0 aromatic heterocycles. The van der Waals surface area contributed by atoms with Gasteiger partial charge in [0.25, 0.3) is 0 Å². The van der Waals surface area contributed by atoms with Gasteiger partial charge in [-0.15, -0.1) is 0 Å². The van der Waals surface area contributed by atoms with E-state index in [0.717, 1.165) is 68.3 Å². The van der Waals surface area contributed by atoms with E-state index in [1.165, 1.54) is 22.3 Å². The molecule has 0 bridgehead atoms. The number of aliphatic carboxylic acids is 2. The Hall–Kier alpha value is -4.36. The molecule has 310 valence electrons. The quantitative estimate of drug-likeness (QED) is 0.176. The Balaban J connectivity index is 0.000000199. The number of benzene rings is 3. The number of rotatable bonds is 13. The second-order valence-corrected chi connectivity index (χ2v) is 16.2. The molecule has 0 amide bonds. The molecule has 12 heteroatoms. The topological polar surface area (TPSA) is 147 Å². The molecule has 4 heterocycles. The van der Waals surface area contributed by atoms with Crippen LogP contribution in [0.15, 0.2) is 54.6 Å². The monoisotopic (exact) mass is 788 g/mol. The van der Waals surface area contributed by atoms with Gasteiger partial charge in [-0.1, -0.05) is 44.2 Å². The van der Waals surface area contributed by atoms with E-state index in [4.69, 9.17) is 28.8 Å². The van der Waals surface area contributed by atoms with Crippen molar-refractivity contribution in [1.29, 1.82) is 0 Å². The number of hydrogen-bond donors (Lipinski definition) is 3. The van der Waals surface area contributed by atoms with Crippen molar-refractivity contribution >= 4 is 11.9 Å². The lowest BCUT2D eigenvalue weighted by Crippen LogP contribution is -2.49. The minimum Gasteiger partial charge on any atom is -0.493 e. The molecule has 0 spiro atoms. The SMILES string of the molecule is COc1cc2c(cc1OC)[C@@H]1C[C@@H](O)[C@@H](CC(C)C(=O)O)CN1CC2.COc1cc2c(cc1OC)[C@@H]1C[C@@H](OCc3ccccc3)[C@@H](CC(C)C(=O)O)CN1CC2. The molecule has 57 heavy (non-hydrogen) atoms. The Morgan fingerprint density at radius 1 is 0.684 bits per heavy atom. The molecule has 4 aliphatic rings. The summed E-state index contributed by atoms with van der Waals surface area (Å²) in [5, 5.41) is 29.3. The molecule has 3 aromatic rings. The van der Waals surface area contributed by atoms with E-state index in [0.29, 0.717) is 31.6 Å². The third-order valence-corrected chi connectivity index (χ3v) is 12.6. The van der Waals surface area contributed by atoms with Gasteiger partial charge in [0.1, 0.15) is 0 Å². The molecule has 2 unspecified atom stereocenters. The van der Waals surface area contributed by atoms with Crippen molar-refractivity contribution in [3.8, 4) is 23.0 Å². The van der Waals surface area contributed by atoms with Crippen molar-refractivity contribution in [1.82, 2.24) is 9.80 Å². The summed E-state index contributed by atoms with van der Waals surface area (Å²) in [5.74, 6) is 0.783. The number of ether oxygens (including phenoxy) is 5. The highest BCUT2D eigenvalue weighted by Crippen LogP contribution is 2.46. The average Bonchev–Trinajstić information content (AvgIpc) is 3.22. The summed E-state index contributed by atoms with van der Waals surface area (Å²) in [4.78, 5) is 27.6. The number of carboxylic acid groups (broad SMARTS) is 2. The summed E-state index contributed by atoms with van der Waals surface area (Å²) in [6.45, 7) is 7.49. The molecule has 7 rings (SSSR count). The van der Waals surface area contributed by atoms with E-state index >= 15 is 0 Å². The zero-order valence-electron chi connectivity index (χ0n) is 34.2. The fourth-order valence-corrected chi connectivity index (χ4v) is 9.37. The molecular formula is C45H60N2O10. The maximum atomic E-state index is 11.6. The van der Waals surface area contributed by atoms with Crippen molar-refractivity contribution < 1.29 is 48.6 Å². The highest BCUT2D eigenvalue weighted by molar-refractivity contribution is 5.69. The summed E-state index contributed by atoms with van der Waals surface area (Å²) >= 11 is 0. The summed E-state index contributed by atoms with van der Waals surface area (Å²) in [5.41, 5.74) is 6.13. The van der Waals surface area contributed by atoms with Gasteiger partial charge in [0.2, 0.25) is 0 Å². The number of hydrogen-bond acceptors (Lipinski definition) is 10. The first-order chi connectivity index (χ1) is 27.4. The summed E-state index contributed by atoms with van der Waals surface area (Å²) < 4.78 is 28.4. The van der Waals surface area contributed by atoms with Crippen LogP contribution in [0.25, 0.3) is 0 Å². The predicted octanol–water partition coefficient (Wildman–Crippen LogP) is 6.41. The van der Waals surface area contributed by atoms with Crippen LogP contribution in [0.3, 0.4) is 0 Å². The first kappa shape index (κ1) is 42.3. The normalized spacial score (nSPS) is 25.2.